The first-order chi connectivity index (χ1) is 13.9. The minimum absolute atomic E-state index is 0.138. The van der Waals surface area contributed by atoms with Crippen LogP contribution >= 0.6 is 0 Å². The second kappa shape index (κ2) is 6.70. The van der Waals surface area contributed by atoms with E-state index < -0.39 is 0 Å². The van der Waals surface area contributed by atoms with Crippen molar-refractivity contribution < 1.29 is 4.79 Å². The van der Waals surface area contributed by atoms with E-state index in [1.54, 1.807) is 22.3 Å². The van der Waals surface area contributed by atoms with Crippen LogP contribution in [0.25, 0.3) is 0 Å². The normalized spacial score (nSPS) is 26.2. The number of likely N-dealkylation sites (tertiary alicyclic amines) is 1. The van der Waals surface area contributed by atoms with Crippen molar-refractivity contribution in [2.75, 3.05) is 19.6 Å². The average molecular weight is 389 g/mol. The van der Waals surface area contributed by atoms with Crippen molar-refractivity contribution in [2.24, 2.45) is 5.41 Å². The van der Waals surface area contributed by atoms with E-state index >= 15 is 0 Å². The van der Waals surface area contributed by atoms with Gasteiger partial charge >= 0.3 is 0 Å². The number of carbonyl (C=O) groups is 1. The van der Waals surface area contributed by atoms with Gasteiger partial charge in [-0.05, 0) is 41.5 Å². The molecule has 1 N–H and O–H groups in total. The van der Waals surface area contributed by atoms with Gasteiger partial charge in [0.2, 0.25) is 5.91 Å². The van der Waals surface area contributed by atoms with E-state index in [1.807, 2.05) is 20.8 Å². The minimum Gasteiger partial charge on any atom is -0.353 e. The van der Waals surface area contributed by atoms with Crippen molar-refractivity contribution in [1.29, 1.82) is 0 Å². The maximum absolute atomic E-state index is 12.3. The molecule has 1 heterocycles. The smallest absolute Gasteiger partial charge is 0.225 e. The first-order valence-corrected chi connectivity index (χ1v) is 11.1. The summed E-state index contributed by atoms with van der Waals surface area (Å²) in [6.07, 6.45) is 3.31. The zero-order valence-electron chi connectivity index (χ0n) is 17.9. The largest absolute Gasteiger partial charge is 0.353 e. The molecule has 1 fully saturated rings. The van der Waals surface area contributed by atoms with Crippen LogP contribution in [0.2, 0.25) is 0 Å². The lowest BCUT2D eigenvalue weighted by Crippen LogP contribution is -2.50. The Balaban J connectivity index is 1.34. The molecule has 1 saturated heterocycles. The van der Waals surface area contributed by atoms with Gasteiger partial charge in [0.15, 0.2) is 0 Å². The number of amides is 1. The molecule has 152 valence electrons. The van der Waals surface area contributed by atoms with Gasteiger partial charge < -0.3 is 10.2 Å². The van der Waals surface area contributed by atoms with E-state index in [-0.39, 0.29) is 16.7 Å². The molecule has 1 aliphatic heterocycles. The number of benzene rings is 2. The maximum atomic E-state index is 12.3. The second-order valence-corrected chi connectivity index (χ2v) is 10.3. The van der Waals surface area contributed by atoms with E-state index in [4.69, 9.17) is 0 Å². The molecule has 0 radical (unpaired) electrons. The van der Waals surface area contributed by atoms with E-state index in [2.05, 4.69) is 58.7 Å². The van der Waals surface area contributed by atoms with E-state index in [9.17, 15) is 4.79 Å². The number of fused-ring (bicyclic) bond motifs is 8. The topological polar surface area (TPSA) is 32.3 Å². The summed E-state index contributed by atoms with van der Waals surface area (Å²) in [6.45, 7) is 9.18. The fraction of sp³-hybridized carbons (Fsp3) is 0.500. The Kier molecular flexibility index (Phi) is 4.36. The summed E-state index contributed by atoms with van der Waals surface area (Å²) in [5, 5.41) is 3.27. The maximum Gasteiger partial charge on any atom is 0.225 e. The Morgan fingerprint density at radius 3 is 2.10 bits per heavy atom. The van der Waals surface area contributed by atoms with Crippen molar-refractivity contribution in [3.05, 3.63) is 70.8 Å². The molecular formula is C26H32N2O. The molecule has 29 heavy (non-hydrogen) atoms. The molecule has 2 aromatic rings. The number of nitrogens with one attached hydrogen (secondary N) is 1. The van der Waals surface area contributed by atoms with Crippen LogP contribution in [-0.4, -0.2) is 36.5 Å². The van der Waals surface area contributed by atoms with Gasteiger partial charge in [0.1, 0.15) is 0 Å². The molecule has 0 aromatic heterocycles. The molecule has 2 bridgehead atoms. The molecule has 0 atom stereocenters. The van der Waals surface area contributed by atoms with Crippen LogP contribution in [-0.2, 0) is 10.2 Å². The zero-order valence-corrected chi connectivity index (χ0v) is 17.9. The zero-order chi connectivity index (χ0) is 20.2. The van der Waals surface area contributed by atoms with Crippen LogP contribution in [0.4, 0.5) is 0 Å². The van der Waals surface area contributed by atoms with Gasteiger partial charge in [-0.1, -0.05) is 69.3 Å². The molecule has 1 amide bonds. The minimum atomic E-state index is -0.313. The first-order valence-electron chi connectivity index (χ1n) is 11.1. The van der Waals surface area contributed by atoms with Gasteiger partial charge in [0.25, 0.3) is 0 Å². The Labute approximate surface area is 174 Å². The molecule has 3 aliphatic rings. The Morgan fingerprint density at radius 2 is 1.55 bits per heavy atom. The predicted octanol–water partition coefficient (Wildman–Crippen LogP) is 4.45. The lowest BCUT2D eigenvalue weighted by Gasteiger charge is -2.40. The predicted molar refractivity (Wildman–Crippen MR) is 117 cm³/mol. The fourth-order valence-electron chi connectivity index (χ4n) is 5.83. The van der Waals surface area contributed by atoms with Crippen LogP contribution in [0.3, 0.4) is 0 Å². The molecule has 5 rings (SSSR count). The summed E-state index contributed by atoms with van der Waals surface area (Å²) in [5.74, 6) is 0.734. The van der Waals surface area contributed by atoms with Crippen LogP contribution < -0.4 is 5.32 Å². The van der Waals surface area contributed by atoms with Crippen LogP contribution in [0.15, 0.2) is 48.5 Å². The van der Waals surface area contributed by atoms with Crippen molar-refractivity contribution in [2.45, 2.75) is 57.4 Å². The molecule has 0 spiro atoms. The Hall–Kier alpha value is -2.13. The monoisotopic (exact) mass is 388 g/mol. The third kappa shape index (κ3) is 3.02. The van der Waals surface area contributed by atoms with E-state index in [0.717, 1.165) is 32.5 Å². The lowest BCUT2D eigenvalue weighted by molar-refractivity contribution is -0.129. The van der Waals surface area contributed by atoms with Crippen LogP contribution in [0.5, 0.6) is 0 Å². The van der Waals surface area contributed by atoms with Gasteiger partial charge in [0.05, 0.1) is 0 Å². The van der Waals surface area contributed by atoms with E-state index in [1.165, 1.54) is 6.42 Å². The highest BCUT2D eigenvalue weighted by Crippen LogP contribution is 2.60. The molecule has 3 heteroatoms. The molecule has 2 aliphatic carbocycles. The molecule has 0 saturated carbocycles. The number of piperidine rings is 1. The summed E-state index contributed by atoms with van der Waals surface area (Å²) < 4.78 is 0. The van der Waals surface area contributed by atoms with Gasteiger partial charge in [-0.25, -0.2) is 0 Å². The third-order valence-corrected chi connectivity index (χ3v) is 7.35. The van der Waals surface area contributed by atoms with Crippen LogP contribution in [0.1, 0.15) is 68.2 Å². The summed E-state index contributed by atoms with van der Waals surface area (Å²) in [4.78, 5) is 15.0. The number of carbonyl (C=O) groups excluding carboxylic acids is 1. The summed E-state index contributed by atoms with van der Waals surface area (Å²) >= 11 is 0. The highest BCUT2D eigenvalue weighted by molar-refractivity contribution is 5.81. The molecular weight excluding hydrogens is 356 g/mol. The second-order valence-electron chi connectivity index (χ2n) is 10.3. The van der Waals surface area contributed by atoms with Crippen molar-refractivity contribution in [3.63, 3.8) is 0 Å². The quantitative estimate of drug-likeness (QED) is 0.843. The average Bonchev–Trinajstić information content (AvgIpc) is 3.21. The molecule has 0 unspecified atom stereocenters. The van der Waals surface area contributed by atoms with Crippen molar-refractivity contribution >= 4 is 5.91 Å². The summed E-state index contributed by atoms with van der Waals surface area (Å²) in [6, 6.07) is 18.5. The van der Waals surface area contributed by atoms with Crippen molar-refractivity contribution in [3.8, 4) is 0 Å². The highest BCUT2D eigenvalue weighted by atomic mass is 16.2. The SMILES string of the molecule is CC(C)(C)C(=O)NC1CCN(CC23CC(c4ccccc42)c2ccccc23)CC1. The van der Waals surface area contributed by atoms with Gasteiger partial charge in [-0.2, -0.15) is 0 Å². The number of nitrogens with zero attached hydrogens (tertiary/aromatic N) is 1. The van der Waals surface area contributed by atoms with E-state index in [0.29, 0.717) is 12.0 Å². The summed E-state index contributed by atoms with van der Waals surface area (Å²) in [7, 11) is 0. The Morgan fingerprint density at radius 1 is 1.00 bits per heavy atom. The summed E-state index contributed by atoms with van der Waals surface area (Å²) in [5.41, 5.74) is 6.00. The number of hydrogen-bond donors (Lipinski definition) is 1. The molecule has 2 aromatic carbocycles. The fourth-order valence-corrected chi connectivity index (χ4v) is 5.83. The van der Waals surface area contributed by atoms with Gasteiger partial charge in [-0.15, -0.1) is 0 Å². The van der Waals surface area contributed by atoms with Gasteiger partial charge in [-0.3, -0.25) is 4.79 Å². The highest BCUT2D eigenvalue weighted by Gasteiger charge is 2.53. The van der Waals surface area contributed by atoms with Crippen molar-refractivity contribution in [1.82, 2.24) is 10.2 Å². The standard InChI is InChI=1S/C26H32N2O/c1-25(2,3)24(29)27-18-12-14-28(15-13-18)17-26-16-21(19-8-4-6-10-22(19)26)20-9-5-7-11-23(20)26/h4-11,18,21H,12-17H2,1-3H3,(H,27,29). The number of rotatable bonds is 3. The number of hydrogen-bond acceptors (Lipinski definition) is 2. The molecule has 3 nitrogen and oxygen atoms in total. The third-order valence-electron chi connectivity index (χ3n) is 7.35. The Bertz CT molecular complexity index is 886. The van der Waals surface area contributed by atoms with Crippen LogP contribution in [0, 0.1) is 5.41 Å². The lowest BCUT2D eigenvalue weighted by atomic mass is 9.74. The first kappa shape index (κ1) is 18.9. The van der Waals surface area contributed by atoms with Gasteiger partial charge in [0, 0.05) is 42.4 Å².